The van der Waals surface area contributed by atoms with Crippen molar-refractivity contribution in [2.24, 2.45) is 0 Å². The van der Waals surface area contributed by atoms with Gasteiger partial charge in [-0.15, -0.1) is 28.3 Å². The van der Waals surface area contributed by atoms with E-state index in [1.165, 1.54) is 0 Å². The van der Waals surface area contributed by atoms with Gasteiger partial charge in [0.2, 0.25) is 0 Å². The van der Waals surface area contributed by atoms with E-state index in [4.69, 9.17) is 0 Å². The number of halogens is 1. The average Bonchev–Trinajstić information content (AvgIpc) is 2.89. The van der Waals surface area contributed by atoms with Crippen LogP contribution in [0.3, 0.4) is 0 Å². The fraction of sp³-hybridized carbons (Fsp3) is 0. The van der Waals surface area contributed by atoms with Crippen molar-refractivity contribution in [3.63, 3.8) is 0 Å². The van der Waals surface area contributed by atoms with Crippen molar-refractivity contribution in [1.29, 1.82) is 0 Å². The summed E-state index contributed by atoms with van der Waals surface area (Å²) in [4.78, 5) is 4.58. The maximum Gasteiger partial charge on any atom is 0.187 e. The van der Waals surface area contributed by atoms with Crippen LogP contribution < -0.4 is 5.32 Å². The first-order valence-electron chi connectivity index (χ1n) is 5.75. The van der Waals surface area contributed by atoms with Crippen molar-refractivity contribution in [3.05, 3.63) is 66.0 Å². The second kappa shape index (κ2) is 6.50. The van der Waals surface area contributed by atoms with Crippen LogP contribution in [-0.2, 0) is 0 Å². The Morgan fingerprint density at radius 3 is 2.16 bits per heavy atom. The summed E-state index contributed by atoms with van der Waals surface area (Å²) in [6, 6.07) is 20.3. The lowest BCUT2D eigenvalue weighted by molar-refractivity contribution is 1.38. The fourth-order valence-corrected chi connectivity index (χ4v) is 2.46. The molecule has 0 saturated heterocycles. The predicted molar refractivity (Wildman–Crippen MR) is 87.6 cm³/mol. The highest BCUT2D eigenvalue weighted by Crippen LogP contribution is 2.26. The summed E-state index contributed by atoms with van der Waals surface area (Å²) in [5.74, 6) is 0. The molecular formula is C15H13BrN2S. The minimum Gasteiger partial charge on any atom is -0.332 e. The van der Waals surface area contributed by atoms with E-state index in [1.54, 1.807) is 11.3 Å². The van der Waals surface area contributed by atoms with Crippen LogP contribution in [0.4, 0.5) is 10.8 Å². The zero-order chi connectivity index (χ0) is 12.2. The predicted octanol–water partition coefficient (Wildman–Crippen LogP) is 5.13. The van der Waals surface area contributed by atoms with E-state index >= 15 is 0 Å². The number of nitrogens with one attached hydrogen (secondary N) is 1. The first-order chi connectivity index (χ1) is 8.92. The van der Waals surface area contributed by atoms with Gasteiger partial charge in [-0.2, -0.15) is 0 Å². The highest BCUT2D eigenvalue weighted by atomic mass is 79.9. The average molecular weight is 333 g/mol. The molecular weight excluding hydrogens is 320 g/mol. The van der Waals surface area contributed by atoms with Crippen LogP contribution in [0, 0.1) is 0 Å². The molecule has 1 heterocycles. The van der Waals surface area contributed by atoms with Gasteiger partial charge < -0.3 is 5.32 Å². The molecule has 3 rings (SSSR count). The van der Waals surface area contributed by atoms with Gasteiger partial charge in [-0.3, -0.25) is 0 Å². The molecule has 0 unspecified atom stereocenters. The fourth-order valence-electron chi connectivity index (χ4n) is 1.72. The van der Waals surface area contributed by atoms with Gasteiger partial charge in [0.15, 0.2) is 5.13 Å². The summed E-state index contributed by atoms with van der Waals surface area (Å²) in [7, 11) is 0. The zero-order valence-electron chi connectivity index (χ0n) is 10.1. The highest BCUT2D eigenvalue weighted by molar-refractivity contribution is 8.93. The number of benzene rings is 2. The summed E-state index contributed by atoms with van der Waals surface area (Å²) in [6.07, 6.45) is 0. The molecule has 96 valence electrons. The van der Waals surface area contributed by atoms with Crippen LogP contribution in [0.1, 0.15) is 0 Å². The van der Waals surface area contributed by atoms with Gasteiger partial charge in [0, 0.05) is 16.6 Å². The standard InChI is InChI=1S/C15H12N2S.BrH/c1-3-7-12(8-4-1)14-11-18-15(17-14)16-13-9-5-2-6-10-13;/h1-11H,(H,16,17);1H. The Balaban J connectivity index is 0.00000133. The van der Waals surface area contributed by atoms with E-state index in [0.29, 0.717) is 0 Å². The monoisotopic (exact) mass is 332 g/mol. The third-order valence-electron chi connectivity index (χ3n) is 2.60. The molecule has 0 radical (unpaired) electrons. The Kier molecular flexibility index (Phi) is 4.71. The molecule has 0 fully saturated rings. The minimum atomic E-state index is 0. The molecule has 0 aliphatic heterocycles. The number of nitrogens with zero attached hydrogens (tertiary/aromatic N) is 1. The van der Waals surface area contributed by atoms with E-state index in [9.17, 15) is 0 Å². The molecule has 0 amide bonds. The van der Waals surface area contributed by atoms with Gasteiger partial charge in [-0.1, -0.05) is 48.5 Å². The van der Waals surface area contributed by atoms with Crippen LogP contribution in [0.5, 0.6) is 0 Å². The third-order valence-corrected chi connectivity index (χ3v) is 3.36. The van der Waals surface area contributed by atoms with Crippen LogP contribution in [0.2, 0.25) is 0 Å². The first kappa shape index (κ1) is 13.8. The second-order valence-corrected chi connectivity index (χ2v) is 4.75. The number of para-hydroxylation sites is 1. The molecule has 0 atom stereocenters. The molecule has 2 aromatic carbocycles. The van der Waals surface area contributed by atoms with E-state index in [1.807, 2.05) is 48.5 Å². The van der Waals surface area contributed by atoms with Gasteiger partial charge in [-0.25, -0.2) is 4.98 Å². The van der Waals surface area contributed by atoms with E-state index in [-0.39, 0.29) is 17.0 Å². The van der Waals surface area contributed by atoms with Crippen molar-refractivity contribution in [2.75, 3.05) is 5.32 Å². The van der Waals surface area contributed by atoms with E-state index in [2.05, 4.69) is 27.8 Å². The van der Waals surface area contributed by atoms with Crippen molar-refractivity contribution in [1.82, 2.24) is 4.98 Å². The molecule has 3 aromatic rings. The number of hydrogen-bond donors (Lipinski definition) is 1. The molecule has 19 heavy (non-hydrogen) atoms. The molecule has 1 aromatic heterocycles. The topological polar surface area (TPSA) is 24.9 Å². The summed E-state index contributed by atoms with van der Waals surface area (Å²) in [5, 5.41) is 6.29. The minimum absolute atomic E-state index is 0. The SMILES string of the molecule is Br.c1ccc(Nc2nc(-c3ccccc3)cs2)cc1. The molecule has 0 aliphatic carbocycles. The summed E-state index contributed by atoms with van der Waals surface area (Å²) >= 11 is 1.62. The first-order valence-corrected chi connectivity index (χ1v) is 6.63. The lowest BCUT2D eigenvalue weighted by atomic mass is 10.2. The second-order valence-electron chi connectivity index (χ2n) is 3.89. The van der Waals surface area contributed by atoms with E-state index < -0.39 is 0 Å². The maximum absolute atomic E-state index is 4.58. The van der Waals surface area contributed by atoms with Crippen LogP contribution in [0.25, 0.3) is 11.3 Å². The number of aromatic nitrogens is 1. The van der Waals surface area contributed by atoms with Crippen molar-refractivity contribution in [3.8, 4) is 11.3 Å². The number of anilines is 2. The quantitative estimate of drug-likeness (QED) is 0.718. The van der Waals surface area contributed by atoms with Crippen LogP contribution >= 0.6 is 28.3 Å². The number of rotatable bonds is 3. The van der Waals surface area contributed by atoms with Crippen molar-refractivity contribution >= 4 is 39.1 Å². The number of thiazole rings is 1. The maximum atomic E-state index is 4.58. The van der Waals surface area contributed by atoms with Gasteiger partial charge in [0.05, 0.1) is 5.69 Å². The Hall–Kier alpha value is -1.65. The molecule has 2 nitrogen and oxygen atoms in total. The van der Waals surface area contributed by atoms with E-state index in [0.717, 1.165) is 22.1 Å². The third kappa shape index (κ3) is 3.43. The zero-order valence-corrected chi connectivity index (χ0v) is 12.6. The summed E-state index contributed by atoms with van der Waals surface area (Å²) < 4.78 is 0. The van der Waals surface area contributed by atoms with Crippen molar-refractivity contribution in [2.45, 2.75) is 0 Å². The molecule has 0 spiro atoms. The number of hydrogen-bond acceptors (Lipinski definition) is 3. The molecule has 0 aliphatic rings. The lowest BCUT2D eigenvalue weighted by Gasteiger charge is -2.00. The van der Waals surface area contributed by atoms with Gasteiger partial charge in [0.1, 0.15) is 0 Å². The van der Waals surface area contributed by atoms with Crippen LogP contribution in [0.15, 0.2) is 66.0 Å². The molecule has 0 bridgehead atoms. The lowest BCUT2D eigenvalue weighted by Crippen LogP contribution is -1.88. The molecule has 0 saturated carbocycles. The van der Waals surface area contributed by atoms with Gasteiger partial charge in [-0.05, 0) is 12.1 Å². The summed E-state index contributed by atoms with van der Waals surface area (Å²) in [6.45, 7) is 0. The van der Waals surface area contributed by atoms with Gasteiger partial charge in [0.25, 0.3) is 0 Å². The van der Waals surface area contributed by atoms with Gasteiger partial charge >= 0.3 is 0 Å². The van der Waals surface area contributed by atoms with Crippen molar-refractivity contribution < 1.29 is 0 Å². The Morgan fingerprint density at radius 2 is 1.47 bits per heavy atom. The Bertz CT molecular complexity index is 623. The smallest absolute Gasteiger partial charge is 0.187 e. The Labute approximate surface area is 126 Å². The molecule has 4 heteroatoms. The normalized spacial score (nSPS) is 9.68. The Morgan fingerprint density at radius 1 is 0.842 bits per heavy atom. The van der Waals surface area contributed by atoms with Crippen LogP contribution in [-0.4, -0.2) is 4.98 Å². The molecule has 1 N–H and O–H groups in total. The summed E-state index contributed by atoms with van der Waals surface area (Å²) in [5.41, 5.74) is 3.22. The largest absolute Gasteiger partial charge is 0.332 e. The highest BCUT2D eigenvalue weighted by Gasteiger charge is 2.03.